The van der Waals surface area contributed by atoms with E-state index in [1.165, 1.54) is 18.2 Å². The van der Waals surface area contributed by atoms with Crippen LogP contribution < -0.4 is 10.6 Å². The van der Waals surface area contributed by atoms with E-state index in [9.17, 15) is 14.9 Å². The van der Waals surface area contributed by atoms with Crippen molar-refractivity contribution in [3.05, 3.63) is 33.9 Å². The highest BCUT2D eigenvalue weighted by Crippen LogP contribution is 2.24. The number of nitro groups is 1. The zero-order chi connectivity index (χ0) is 15.1. The molecule has 7 nitrogen and oxygen atoms in total. The van der Waals surface area contributed by atoms with Crippen LogP contribution in [-0.4, -0.2) is 37.1 Å². The third kappa shape index (κ3) is 4.51. The van der Waals surface area contributed by atoms with Crippen LogP contribution in [0.1, 0.15) is 24.2 Å². The monoisotopic (exact) mass is 281 g/mol. The summed E-state index contributed by atoms with van der Waals surface area (Å²) in [6.45, 7) is 4.57. The number of nitrogens with one attached hydrogen (secondary N) is 2. The lowest BCUT2D eigenvalue weighted by Crippen LogP contribution is -2.28. The molecule has 1 aromatic carbocycles. The third-order valence-electron chi connectivity index (χ3n) is 2.56. The normalized spacial score (nSPS) is 10.4. The SMILES string of the molecule is CNc1ccc(C(=O)NCCOC(C)C)cc1[N+](=O)[O-]. The zero-order valence-electron chi connectivity index (χ0n) is 11.8. The van der Waals surface area contributed by atoms with E-state index in [-0.39, 0.29) is 23.3 Å². The molecule has 0 aliphatic rings. The Balaban J connectivity index is 2.69. The predicted molar refractivity (Wildman–Crippen MR) is 76.1 cm³/mol. The van der Waals surface area contributed by atoms with Gasteiger partial charge < -0.3 is 15.4 Å². The number of anilines is 1. The summed E-state index contributed by atoms with van der Waals surface area (Å²) in [5, 5.41) is 16.3. The fourth-order valence-corrected chi connectivity index (χ4v) is 1.60. The number of carbonyl (C=O) groups excluding carboxylic acids is 1. The van der Waals surface area contributed by atoms with Gasteiger partial charge in [-0.25, -0.2) is 0 Å². The Morgan fingerprint density at radius 3 is 2.70 bits per heavy atom. The molecule has 0 aromatic heterocycles. The Hall–Kier alpha value is -2.15. The van der Waals surface area contributed by atoms with Crippen LogP contribution in [0.3, 0.4) is 0 Å². The minimum atomic E-state index is -0.523. The van der Waals surface area contributed by atoms with Gasteiger partial charge in [0.1, 0.15) is 5.69 Å². The summed E-state index contributed by atoms with van der Waals surface area (Å²) in [6, 6.07) is 4.31. The molecule has 1 aromatic rings. The first-order valence-corrected chi connectivity index (χ1v) is 6.31. The van der Waals surface area contributed by atoms with Crippen LogP contribution in [0.4, 0.5) is 11.4 Å². The van der Waals surface area contributed by atoms with Gasteiger partial charge in [-0.2, -0.15) is 0 Å². The molecule has 0 bridgehead atoms. The molecule has 2 N–H and O–H groups in total. The summed E-state index contributed by atoms with van der Waals surface area (Å²) in [4.78, 5) is 22.2. The van der Waals surface area contributed by atoms with Crippen molar-refractivity contribution in [3.63, 3.8) is 0 Å². The van der Waals surface area contributed by atoms with E-state index < -0.39 is 4.92 Å². The van der Waals surface area contributed by atoms with Crippen LogP contribution in [0.25, 0.3) is 0 Å². The Bertz CT molecular complexity index is 489. The quantitative estimate of drug-likeness (QED) is 0.451. The van der Waals surface area contributed by atoms with E-state index in [1.54, 1.807) is 7.05 Å². The van der Waals surface area contributed by atoms with Crippen molar-refractivity contribution in [2.75, 3.05) is 25.5 Å². The van der Waals surface area contributed by atoms with Crippen LogP contribution in [0.2, 0.25) is 0 Å². The van der Waals surface area contributed by atoms with Crippen molar-refractivity contribution in [3.8, 4) is 0 Å². The van der Waals surface area contributed by atoms with Gasteiger partial charge in [-0.3, -0.25) is 14.9 Å². The number of hydrogen-bond acceptors (Lipinski definition) is 5. The number of hydrogen-bond donors (Lipinski definition) is 2. The molecule has 0 unspecified atom stereocenters. The van der Waals surface area contributed by atoms with Gasteiger partial charge in [0.15, 0.2) is 0 Å². The predicted octanol–water partition coefficient (Wildman–Crippen LogP) is 1.79. The van der Waals surface area contributed by atoms with E-state index >= 15 is 0 Å². The number of nitro benzene ring substituents is 1. The van der Waals surface area contributed by atoms with E-state index in [2.05, 4.69) is 10.6 Å². The second-order valence-corrected chi connectivity index (χ2v) is 4.41. The molecule has 0 radical (unpaired) electrons. The van der Waals surface area contributed by atoms with Crippen molar-refractivity contribution in [1.29, 1.82) is 0 Å². The van der Waals surface area contributed by atoms with E-state index in [0.717, 1.165) is 0 Å². The highest BCUT2D eigenvalue weighted by Gasteiger charge is 2.16. The summed E-state index contributed by atoms with van der Waals surface area (Å²) >= 11 is 0. The number of nitrogens with zero attached hydrogens (tertiary/aromatic N) is 1. The lowest BCUT2D eigenvalue weighted by atomic mass is 10.1. The molecule has 110 valence electrons. The number of carbonyl (C=O) groups is 1. The molecule has 0 heterocycles. The molecule has 1 rings (SSSR count). The molecular formula is C13H19N3O4. The molecular weight excluding hydrogens is 262 g/mol. The summed E-state index contributed by atoms with van der Waals surface area (Å²) in [5.74, 6) is -0.358. The van der Waals surface area contributed by atoms with Gasteiger partial charge in [-0.05, 0) is 26.0 Å². The summed E-state index contributed by atoms with van der Waals surface area (Å²) < 4.78 is 5.29. The summed E-state index contributed by atoms with van der Waals surface area (Å²) in [6.07, 6.45) is 0.0999. The molecule has 0 aliphatic carbocycles. The van der Waals surface area contributed by atoms with Gasteiger partial charge in [0, 0.05) is 25.2 Å². The van der Waals surface area contributed by atoms with Crippen LogP contribution in [0.15, 0.2) is 18.2 Å². The van der Waals surface area contributed by atoms with Crippen molar-refractivity contribution >= 4 is 17.3 Å². The van der Waals surface area contributed by atoms with Crippen LogP contribution >= 0.6 is 0 Å². The Kier molecular flexibility index (Phi) is 5.92. The maximum Gasteiger partial charge on any atom is 0.293 e. The fourth-order valence-electron chi connectivity index (χ4n) is 1.60. The first-order chi connectivity index (χ1) is 9.45. The van der Waals surface area contributed by atoms with Crippen LogP contribution in [-0.2, 0) is 4.74 Å². The van der Waals surface area contributed by atoms with E-state index in [4.69, 9.17) is 4.74 Å². The Morgan fingerprint density at radius 2 is 2.15 bits per heavy atom. The first-order valence-electron chi connectivity index (χ1n) is 6.31. The molecule has 0 aliphatic heterocycles. The minimum absolute atomic E-state index is 0.0999. The number of ether oxygens (including phenoxy) is 1. The second kappa shape index (κ2) is 7.44. The van der Waals surface area contributed by atoms with Gasteiger partial charge >= 0.3 is 0 Å². The number of rotatable bonds is 7. The van der Waals surface area contributed by atoms with Gasteiger partial charge in [0.25, 0.3) is 11.6 Å². The second-order valence-electron chi connectivity index (χ2n) is 4.41. The number of amides is 1. The highest BCUT2D eigenvalue weighted by atomic mass is 16.6. The Morgan fingerprint density at radius 1 is 1.45 bits per heavy atom. The Labute approximate surface area is 117 Å². The third-order valence-corrected chi connectivity index (χ3v) is 2.56. The van der Waals surface area contributed by atoms with E-state index in [0.29, 0.717) is 18.8 Å². The lowest BCUT2D eigenvalue weighted by molar-refractivity contribution is -0.384. The standard InChI is InChI=1S/C13H19N3O4/c1-9(2)20-7-6-15-13(17)10-4-5-11(14-3)12(8-10)16(18)19/h4-5,8-9,14H,6-7H2,1-3H3,(H,15,17). The number of benzene rings is 1. The average molecular weight is 281 g/mol. The summed E-state index contributed by atoms with van der Waals surface area (Å²) in [5.41, 5.74) is 0.494. The van der Waals surface area contributed by atoms with Crippen molar-refractivity contribution < 1.29 is 14.5 Å². The van der Waals surface area contributed by atoms with Crippen molar-refractivity contribution in [2.45, 2.75) is 20.0 Å². The van der Waals surface area contributed by atoms with E-state index in [1.807, 2.05) is 13.8 Å². The molecule has 0 atom stereocenters. The largest absolute Gasteiger partial charge is 0.383 e. The van der Waals surface area contributed by atoms with Crippen LogP contribution in [0.5, 0.6) is 0 Å². The molecule has 0 saturated heterocycles. The molecule has 20 heavy (non-hydrogen) atoms. The maximum absolute atomic E-state index is 11.9. The minimum Gasteiger partial charge on any atom is -0.383 e. The van der Waals surface area contributed by atoms with Crippen LogP contribution in [0, 0.1) is 10.1 Å². The topological polar surface area (TPSA) is 93.5 Å². The van der Waals surface area contributed by atoms with Gasteiger partial charge in [0.05, 0.1) is 17.6 Å². The van der Waals surface area contributed by atoms with Gasteiger partial charge in [-0.15, -0.1) is 0 Å². The molecule has 7 heteroatoms. The zero-order valence-corrected chi connectivity index (χ0v) is 11.8. The average Bonchev–Trinajstić information content (AvgIpc) is 2.42. The smallest absolute Gasteiger partial charge is 0.293 e. The molecule has 0 saturated carbocycles. The molecule has 0 fully saturated rings. The molecule has 0 spiro atoms. The first kappa shape index (κ1) is 15.9. The fraction of sp³-hybridized carbons (Fsp3) is 0.462. The van der Waals surface area contributed by atoms with Crippen molar-refractivity contribution in [2.24, 2.45) is 0 Å². The molecule has 1 amide bonds. The highest BCUT2D eigenvalue weighted by molar-refractivity contribution is 5.95. The maximum atomic E-state index is 11.9. The van der Waals surface area contributed by atoms with Gasteiger partial charge in [0.2, 0.25) is 0 Å². The lowest BCUT2D eigenvalue weighted by Gasteiger charge is -2.09. The van der Waals surface area contributed by atoms with Crippen molar-refractivity contribution in [1.82, 2.24) is 5.32 Å². The van der Waals surface area contributed by atoms with Gasteiger partial charge in [-0.1, -0.05) is 0 Å². The summed E-state index contributed by atoms with van der Waals surface area (Å²) in [7, 11) is 1.59.